The summed E-state index contributed by atoms with van der Waals surface area (Å²) >= 11 is 0. The van der Waals surface area contributed by atoms with Crippen molar-refractivity contribution in [1.29, 1.82) is 0 Å². The van der Waals surface area contributed by atoms with Crippen LogP contribution in [0.2, 0.25) is 0 Å². The van der Waals surface area contributed by atoms with Crippen LogP contribution in [0, 0.1) is 5.82 Å². The number of carboxylic acids is 1. The van der Waals surface area contributed by atoms with Crippen LogP contribution in [0.1, 0.15) is 34.1 Å². The maximum atomic E-state index is 14.0. The number of carbonyl (C=O) groups excluding carboxylic acids is 1. The van der Waals surface area contributed by atoms with Gasteiger partial charge in [-0.05, 0) is 43.3 Å². The molecular weight excluding hydrogens is 361 g/mol. The molecule has 1 saturated heterocycles. The van der Waals surface area contributed by atoms with Crippen LogP contribution >= 0.6 is 0 Å². The molecule has 3 rings (SSSR count). The van der Waals surface area contributed by atoms with E-state index in [9.17, 15) is 19.1 Å². The van der Waals surface area contributed by atoms with E-state index in [2.05, 4.69) is 22.0 Å². The van der Waals surface area contributed by atoms with Gasteiger partial charge in [0.25, 0.3) is 5.91 Å². The van der Waals surface area contributed by atoms with Gasteiger partial charge in [0.2, 0.25) is 0 Å². The molecule has 2 N–H and O–H groups in total. The van der Waals surface area contributed by atoms with Crippen molar-refractivity contribution < 1.29 is 19.1 Å². The largest absolute Gasteiger partial charge is 0.478 e. The maximum absolute atomic E-state index is 14.0. The molecule has 0 unspecified atom stereocenters. The lowest BCUT2D eigenvalue weighted by Gasteiger charge is -2.36. The number of nitrogens with one attached hydrogen (secondary N) is 1. The number of benzene rings is 2. The highest BCUT2D eigenvalue weighted by molar-refractivity contribution is 6.07. The normalized spacial score (nSPS) is 14.7. The van der Waals surface area contributed by atoms with E-state index < -0.39 is 17.7 Å². The first-order valence-corrected chi connectivity index (χ1v) is 9.40. The van der Waals surface area contributed by atoms with Crippen molar-refractivity contribution in [3.05, 3.63) is 59.4 Å². The molecule has 1 aliphatic heterocycles. The molecule has 1 heterocycles. The van der Waals surface area contributed by atoms with E-state index in [0.717, 1.165) is 44.8 Å². The van der Waals surface area contributed by atoms with Gasteiger partial charge >= 0.3 is 5.97 Å². The Labute approximate surface area is 163 Å². The molecule has 0 aromatic heterocycles. The average molecular weight is 385 g/mol. The molecule has 2 aromatic carbocycles. The van der Waals surface area contributed by atoms with Crippen LogP contribution in [0.3, 0.4) is 0 Å². The van der Waals surface area contributed by atoms with Gasteiger partial charge in [0.1, 0.15) is 5.82 Å². The van der Waals surface area contributed by atoms with Gasteiger partial charge in [-0.2, -0.15) is 0 Å². The lowest BCUT2D eigenvalue weighted by Crippen LogP contribution is -2.46. The highest BCUT2D eigenvalue weighted by Crippen LogP contribution is 2.29. The van der Waals surface area contributed by atoms with E-state index in [0.29, 0.717) is 5.69 Å². The number of hydrogen-bond acceptors (Lipinski definition) is 4. The van der Waals surface area contributed by atoms with Crippen molar-refractivity contribution in [2.75, 3.05) is 42.9 Å². The van der Waals surface area contributed by atoms with Crippen molar-refractivity contribution >= 4 is 23.3 Å². The monoisotopic (exact) mass is 385 g/mol. The second-order valence-electron chi connectivity index (χ2n) is 6.80. The Kier molecular flexibility index (Phi) is 6.26. The van der Waals surface area contributed by atoms with Crippen molar-refractivity contribution in [1.82, 2.24) is 4.90 Å². The van der Waals surface area contributed by atoms with Crippen molar-refractivity contribution in [2.45, 2.75) is 13.3 Å². The smallest absolute Gasteiger partial charge is 0.335 e. The third kappa shape index (κ3) is 4.48. The Morgan fingerprint density at radius 3 is 2.46 bits per heavy atom. The Morgan fingerprint density at radius 2 is 1.82 bits per heavy atom. The molecule has 1 aliphatic rings. The van der Waals surface area contributed by atoms with E-state index in [1.165, 1.54) is 30.3 Å². The molecule has 0 aliphatic carbocycles. The van der Waals surface area contributed by atoms with Crippen LogP contribution in [-0.4, -0.2) is 54.6 Å². The summed E-state index contributed by atoms with van der Waals surface area (Å²) in [6, 6.07) is 10.4. The molecule has 0 saturated carbocycles. The van der Waals surface area contributed by atoms with Crippen LogP contribution in [0.5, 0.6) is 0 Å². The summed E-state index contributed by atoms with van der Waals surface area (Å²) in [6.45, 7) is 6.53. The van der Waals surface area contributed by atoms with Gasteiger partial charge in [-0.25, -0.2) is 9.18 Å². The van der Waals surface area contributed by atoms with Gasteiger partial charge in [-0.3, -0.25) is 9.69 Å². The van der Waals surface area contributed by atoms with Gasteiger partial charge < -0.3 is 15.3 Å². The minimum absolute atomic E-state index is 0.0669. The zero-order chi connectivity index (χ0) is 20.1. The van der Waals surface area contributed by atoms with Crippen LogP contribution in [0.25, 0.3) is 0 Å². The van der Waals surface area contributed by atoms with E-state index in [1.54, 1.807) is 12.1 Å². The number of hydrogen-bond donors (Lipinski definition) is 2. The number of nitrogens with zero attached hydrogens (tertiary/aromatic N) is 2. The van der Waals surface area contributed by atoms with Crippen molar-refractivity contribution in [3.8, 4) is 0 Å². The third-order valence-corrected chi connectivity index (χ3v) is 4.86. The molecule has 7 heteroatoms. The molecule has 2 aromatic rings. The fraction of sp³-hybridized carbons (Fsp3) is 0.333. The molecule has 0 spiro atoms. The Balaban J connectivity index is 1.86. The van der Waals surface area contributed by atoms with Crippen molar-refractivity contribution in [2.24, 2.45) is 0 Å². The topological polar surface area (TPSA) is 72.9 Å². The first-order valence-electron chi connectivity index (χ1n) is 9.40. The molecule has 1 amide bonds. The summed E-state index contributed by atoms with van der Waals surface area (Å²) in [5.41, 5.74) is 1.10. The average Bonchev–Trinajstić information content (AvgIpc) is 2.69. The number of amides is 1. The van der Waals surface area contributed by atoms with Gasteiger partial charge in [0.15, 0.2) is 0 Å². The number of carboxylic acid groups (broad SMARTS) is 1. The summed E-state index contributed by atoms with van der Waals surface area (Å²) in [5.74, 6) is -2.31. The molecular formula is C21H24FN3O3. The number of aromatic carboxylic acids is 1. The van der Waals surface area contributed by atoms with Crippen LogP contribution < -0.4 is 10.2 Å². The summed E-state index contributed by atoms with van der Waals surface area (Å²) in [6.07, 6.45) is 1.09. The molecule has 0 bridgehead atoms. The molecule has 1 fully saturated rings. The predicted molar refractivity (Wildman–Crippen MR) is 107 cm³/mol. The van der Waals surface area contributed by atoms with Crippen LogP contribution in [0.4, 0.5) is 15.8 Å². The highest BCUT2D eigenvalue weighted by atomic mass is 19.1. The Hall–Kier alpha value is -2.93. The zero-order valence-corrected chi connectivity index (χ0v) is 15.8. The number of carbonyl (C=O) groups is 2. The first kappa shape index (κ1) is 19.8. The predicted octanol–water partition coefficient (Wildman–Crippen LogP) is 3.31. The minimum Gasteiger partial charge on any atom is -0.478 e. The van der Waals surface area contributed by atoms with E-state index >= 15 is 0 Å². The molecule has 0 atom stereocenters. The molecule has 6 nitrogen and oxygen atoms in total. The Bertz CT molecular complexity index is 864. The second-order valence-corrected chi connectivity index (χ2v) is 6.80. The van der Waals surface area contributed by atoms with Crippen molar-refractivity contribution in [3.63, 3.8) is 0 Å². The Morgan fingerprint density at radius 1 is 1.11 bits per heavy atom. The van der Waals surface area contributed by atoms with Gasteiger partial charge in [-0.1, -0.05) is 19.1 Å². The van der Waals surface area contributed by atoms with E-state index in [1.807, 2.05) is 0 Å². The third-order valence-electron chi connectivity index (χ3n) is 4.86. The second kappa shape index (κ2) is 8.84. The van der Waals surface area contributed by atoms with Gasteiger partial charge in [0, 0.05) is 26.2 Å². The quantitative estimate of drug-likeness (QED) is 0.798. The van der Waals surface area contributed by atoms with E-state index in [4.69, 9.17) is 0 Å². The number of anilines is 2. The number of halogens is 1. The standard InChI is InChI=1S/C21H24FN3O3/c1-2-9-24-10-12-25(13-11-24)19-8-7-15(21(27)28)14-18(19)23-20(26)16-5-3-4-6-17(16)22/h3-8,14H,2,9-13H2,1H3,(H,23,26)(H,27,28). The SMILES string of the molecule is CCCN1CCN(c2ccc(C(=O)O)cc2NC(=O)c2ccccc2F)CC1. The van der Waals surface area contributed by atoms with Crippen LogP contribution in [0.15, 0.2) is 42.5 Å². The minimum atomic E-state index is -1.08. The fourth-order valence-corrected chi connectivity index (χ4v) is 3.41. The van der Waals surface area contributed by atoms with E-state index in [-0.39, 0.29) is 11.1 Å². The lowest BCUT2D eigenvalue weighted by atomic mass is 10.1. The summed E-state index contributed by atoms with van der Waals surface area (Å²) in [5, 5.41) is 12.0. The fourth-order valence-electron chi connectivity index (χ4n) is 3.41. The van der Waals surface area contributed by atoms with Gasteiger partial charge in [-0.15, -0.1) is 0 Å². The number of piperazine rings is 1. The molecule has 0 radical (unpaired) electrons. The van der Waals surface area contributed by atoms with Gasteiger partial charge in [0.05, 0.1) is 22.5 Å². The number of rotatable bonds is 6. The lowest BCUT2D eigenvalue weighted by molar-refractivity contribution is 0.0696. The molecule has 148 valence electrons. The van der Waals surface area contributed by atoms with Crippen LogP contribution in [-0.2, 0) is 0 Å². The maximum Gasteiger partial charge on any atom is 0.335 e. The zero-order valence-electron chi connectivity index (χ0n) is 15.8. The summed E-state index contributed by atoms with van der Waals surface area (Å²) in [4.78, 5) is 28.4. The summed E-state index contributed by atoms with van der Waals surface area (Å²) in [7, 11) is 0. The first-order chi connectivity index (χ1) is 13.5. The molecule has 28 heavy (non-hydrogen) atoms. The highest BCUT2D eigenvalue weighted by Gasteiger charge is 2.21. The summed E-state index contributed by atoms with van der Waals surface area (Å²) < 4.78 is 14.0.